The van der Waals surface area contributed by atoms with Crippen LogP contribution in [0.5, 0.6) is 0 Å². The van der Waals surface area contributed by atoms with Gasteiger partial charge in [0.15, 0.2) is 0 Å². The fourth-order valence-electron chi connectivity index (χ4n) is 2.92. The van der Waals surface area contributed by atoms with Crippen molar-refractivity contribution in [3.63, 3.8) is 0 Å². The van der Waals surface area contributed by atoms with Crippen LogP contribution in [0.3, 0.4) is 0 Å². The largest absolute Gasteiger partial charge is 0.342 e. The fraction of sp³-hybridized carbons (Fsp3) is 0.562. The van der Waals surface area contributed by atoms with E-state index in [0.29, 0.717) is 30.1 Å². The molecule has 2 rings (SSSR count). The highest BCUT2D eigenvalue weighted by molar-refractivity contribution is 5.94. The summed E-state index contributed by atoms with van der Waals surface area (Å²) in [5.74, 6) is 0.0703. The molecule has 1 aliphatic rings. The van der Waals surface area contributed by atoms with E-state index >= 15 is 0 Å². The predicted octanol–water partition coefficient (Wildman–Crippen LogP) is 2.18. The van der Waals surface area contributed by atoms with Gasteiger partial charge in [0.1, 0.15) is 5.82 Å². The van der Waals surface area contributed by atoms with Crippen LogP contribution in [-0.2, 0) is 0 Å². The molecule has 4 nitrogen and oxygen atoms in total. The first kappa shape index (κ1) is 15.9. The number of halogens is 1. The molecule has 0 bridgehead atoms. The Morgan fingerprint density at radius 1 is 1.29 bits per heavy atom. The Kier molecular flexibility index (Phi) is 5.31. The minimum atomic E-state index is -0.375. The molecule has 2 unspecified atom stereocenters. The second-order valence-electron chi connectivity index (χ2n) is 5.91. The molecule has 21 heavy (non-hydrogen) atoms. The zero-order valence-electron chi connectivity index (χ0n) is 12.9. The molecule has 1 aliphatic heterocycles. The van der Waals surface area contributed by atoms with Gasteiger partial charge in [-0.2, -0.15) is 0 Å². The lowest BCUT2D eigenvalue weighted by atomic mass is 9.91. The van der Waals surface area contributed by atoms with Crippen molar-refractivity contribution in [2.45, 2.75) is 38.8 Å². The Balaban J connectivity index is 1.81. The number of amides is 1. The number of carbonyl (C=O) groups is 1. The van der Waals surface area contributed by atoms with Crippen molar-refractivity contribution in [3.8, 4) is 0 Å². The highest BCUT2D eigenvalue weighted by Gasteiger charge is 2.29. The van der Waals surface area contributed by atoms with Crippen molar-refractivity contribution in [3.05, 3.63) is 35.6 Å². The van der Waals surface area contributed by atoms with Gasteiger partial charge in [0.05, 0.1) is 0 Å². The monoisotopic (exact) mass is 293 g/mol. The summed E-state index contributed by atoms with van der Waals surface area (Å²) in [5.41, 5.74) is 6.89. The van der Waals surface area contributed by atoms with Crippen LogP contribution in [0, 0.1) is 11.7 Å². The van der Waals surface area contributed by atoms with E-state index in [9.17, 15) is 9.18 Å². The molecular formula is C16H24FN3O. The van der Waals surface area contributed by atoms with Crippen LogP contribution < -0.4 is 10.9 Å². The molecule has 116 valence electrons. The van der Waals surface area contributed by atoms with Gasteiger partial charge >= 0.3 is 0 Å². The SMILES string of the molecule is CC1NNC(C)C1CCCN(C)C(=O)c1cccc(F)c1. The summed E-state index contributed by atoms with van der Waals surface area (Å²) in [5, 5.41) is 0. The molecule has 2 atom stereocenters. The van der Waals surface area contributed by atoms with Gasteiger partial charge in [-0.05, 0) is 50.8 Å². The van der Waals surface area contributed by atoms with Gasteiger partial charge in [0.25, 0.3) is 5.91 Å². The van der Waals surface area contributed by atoms with Crippen LogP contribution in [0.25, 0.3) is 0 Å². The summed E-state index contributed by atoms with van der Waals surface area (Å²) in [6.45, 7) is 5.02. The van der Waals surface area contributed by atoms with Crippen molar-refractivity contribution in [1.29, 1.82) is 0 Å². The van der Waals surface area contributed by atoms with Crippen molar-refractivity contribution in [2.75, 3.05) is 13.6 Å². The second-order valence-corrected chi connectivity index (χ2v) is 5.91. The van der Waals surface area contributed by atoms with Crippen LogP contribution in [0.1, 0.15) is 37.0 Å². The topological polar surface area (TPSA) is 44.4 Å². The lowest BCUT2D eigenvalue weighted by Crippen LogP contribution is -2.30. The number of rotatable bonds is 5. The van der Waals surface area contributed by atoms with Crippen LogP contribution in [0.4, 0.5) is 4.39 Å². The summed E-state index contributed by atoms with van der Waals surface area (Å²) in [7, 11) is 1.77. The van der Waals surface area contributed by atoms with Crippen LogP contribution in [0.2, 0.25) is 0 Å². The molecule has 1 aromatic rings. The zero-order chi connectivity index (χ0) is 15.4. The molecule has 0 saturated carbocycles. The molecule has 1 fully saturated rings. The molecule has 0 radical (unpaired) electrons. The number of nitrogens with zero attached hydrogens (tertiary/aromatic N) is 1. The lowest BCUT2D eigenvalue weighted by Gasteiger charge is -2.21. The first-order valence-electron chi connectivity index (χ1n) is 7.51. The third-order valence-electron chi connectivity index (χ3n) is 4.27. The molecule has 1 aromatic carbocycles. The van der Waals surface area contributed by atoms with E-state index in [0.717, 1.165) is 12.8 Å². The minimum absolute atomic E-state index is 0.127. The Bertz CT molecular complexity index is 484. The molecule has 1 heterocycles. The number of hydrazine groups is 1. The van der Waals surface area contributed by atoms with E-state index in [1.165, 1.54) is 12.1 Å². The second kappa shape index (κ2) is 7.00. The lowest BCUT2D eigenvalue weighted by molar-refractivity contribution is 0.0790. The van der Waals surface area contributed by atoms with Crippen LogP contribution in [-0.4, -0.2) is 36.5 Å². The van der Waals surface area contributed by atoms with Gasteiger partial charge < -0.3 is 4.90 Å². The smallest absolute Gasteiger partial charge is 0.253 e. The average molecular weight is 293 g/mol. The maximum Gasteiger partial charge on any atom is 0.253 e. The van der Waals surface area contributed by atoms with Gasteiger partial charge in [0, 0.05) is 31.2 Å². The van der Waals surface area contributed by atoms with E-state index in [4.69, 9.17) is 0 Å². The van der Waals surface area contributed by atoms with Crippen LogP contribution in [0.15, 0.2) is 24.3 Å². The number of carbonyl (C=O) groups excluding carboxylic acids is 1. The van der Waals surface area contributed by atoms with Crippen molar-refractivity contribution in [2.24, 2.45) is 5.92 Å². The Morgan fingerprint density at radius 3 is 2.57 bits per heavy atom. The molecular weight excluding hydrogens is 269 g/mol. The van der Waals surface area contributed by atoms with E-state index in [1.54, 1.807) is 24.1 Å². The Morgan fingerprint density at radius 2 is 1.95 bits per heavy atom. The maximum atomic E-state index is 13.1. The molecule has 1 saturated heterocycles. The van der Waals surface area contributed by atoms with Crippen molar-refractivity contribution < 1.29 is 9.18 Å². The first-order chi connectivity index (χ1) is 9.99. The van der Waals surface area contributed by atoms with E-state index in [-0.39, 0.29) is 11.7 Å². The Labute approximate surface area is 125 Å². The van der Waals surface area contributed by atoms with Gasteiger partial charge in [-0.15, -0.1) is 0 Å². The Hall–Kier alpha value is -1.46. The highest BCUT2D eigenvalue weighted by Crippen LogP contribution is 2.20. The van der Waals surface area contributed by atoms with Gasteiger partial charge in [-0.25, -0.2) is 4.39 Å². The van der Waals surface area contributed by atoms with Crippen molar-refractivity contribution >= 4 is 5.91 Å². The highest BCUT2D eigenvalue weighted by atomic mass is 19.1. The zero-order valence-corrected chi connectivity index (χ0v) is 12.9. The van der Waals surface area contributed by atoms with Gasteiger partial charge in [-0.1, -0.05) is 6.07 Å². The molecule has 0 spiro atoms. The normalized spacial score (nSPS) is 25.0. The third kappa shape index (κ3) is 4.02. The van der Waals surface area contributed by atoms with Gasteiger partial charge in [-0.3, -0.25) is 15.6 Å². The predicted molar refractivity (Wildman–Crippen MR) is 81.3 cm³/mol. The molecule has 1 amide bonds. The molecule has 2 N–H and O–H groups in total. The third-order valence-corrected chi connectivity index (χ3v) is 4.27. The molecule has 0 aliphatic carbocycles. The summed E-state index contributed by atoms with van der Waals surface area (Å²) in [6.07, 6.45) is 2.00. The summed E-state index contributed by atoms with van der Waals surface area (Å²) in [6, 6.07) is 6.74. The van der Waals surface area contributed by atoms with E-state index in [1.807, 2.05) is 0 Å². The summed E-state index contributed by atoms with van der Waals surface area (Å²) >= 11 is 0. The van der Waals surface area contributed by atoms with Crippen LogP contribution >= 0.6 is 0 Å². The summed E-state index contributed by atoms with van der Waals surface area (Å²) < 4.78 is 13.1. The summed E-state index contributed by atoms with van der Waals surface area (Å²) in [4.78, 5) is 13.9. The number of nitrogens with one attached hydrogen (secondary N) is 2. The van der Waals surface area contributed by atoms with Gasteiger partial charge in [0.2, 0.25) is 0 Å². The van der Waals surface area contributed by atoms with E-state index < -0.39 is 0 Å². The molecule has 0 aromatic heterocycles. The minimum Gasteiger partial charge on any atom is -0.342 e. The molecule has 5 heteroatoms. The maximum absolute atomic E-state index is 13.1. The average Bonchev–Trinajstić information content (AvgIpc) is 2.78. The number of hydrogen-bond acceptors (Lipinski definition) is 3. The number of hydrogen-bond donors (Lipinski definition) is 2. The first-order valence-corrected chi connectivity index (χ1v) is 7.51. The fourth-order valence-corrected chi connectivity index (χ4v) is 2.92. The standard InChI is InChI=1S/C16H24FN3O/c1-11-15(12(2)19-18-11)8-5-9-20(3)16(21)13-6-4-7-14(17)10-13/h4,6-7,10-12,15,18-19H,5,8-9H2,1-3H3. The number of benzene rings is 1. The van der Waals surface area contributed by atoms with E-state index in [2.05, 4.69) is 24.7 Å². The van der Waals surface area contributed by atoms with Crippen molar-refractivity contribution in [1.82, 2.24) is 15.8 Å². The quantitative estimate of drug-likeness (QED) is 0.874.